The van der Waals surface area contributed by atoms with Gasteiger partial charge in [-0.1, -0.05) is 26.3 Å². The Morgan fingerprint density at radius 1 is 1.28 bits per heavy atom. The van der Waals surface area contributed by atoms with Crippen molar-refractivity contribution in [2.24, 2.45) is 0 Å². The third-order valence-corrected chi connectivity index (χ3v) is 3.27. The fourth-order valence-electron chi connectivity index (χ4n) is 1.96. The molecule has 102 valence electrons. The first-order valence-corrected chi connectivity index (χ1v) is 7.06. The van der Waals surface area contributed by atoms with Crippen LogP contribution in [-0.4, -0.2) is 29.5 Å². The van der Waals surface area contributed by atoms with Gasteiger partial charge in [0.15, 0.2) is 0 Å². The van der Waals surface area contributed by atoms with E-state index in [1.165, 1.54) is 18.4 Å². The van der Waals surface area contributed by atoms with E-state index in [9.17, 15) is 0 Å². The predicted molar refractivity (Wildman–Crippen MR) is 78.9 cm³/mol. The van der Waals surface area contributed by atoms with Crippen LogP contribution in [0.4, 0.5) is 5.82 Å². The lowest BCUT2D eigenvalue weighted by molar-refractivity contribution is 0.236. The lowest BCUT2D eigenvalue weighted by Crippen LogP contribution is -2.28. The van der Waals surface area contributed by atoms with E-state index in [0.717, 1.165) is 25.3 Å². The Hall–Kier alpha value is -1.09. The minimum Gasteiger partial charge on any atom is -0.370 e. The molecule has 0 aliphatic carbocycles. The van der Waals surface area contributed by atoms with Crippen LogP contribution < -0.4 is 5.32 Å². The summed E-state index contributed by atoms with van der Waals surface area (Å²) in [4.78, 5) is 6.83. The van der Waals surface area contributed by atoms with Crippen LogP contribution in [0.1, 0.15) is 45.6 Å². The van der Waals surface area contributed by atoms with Crippen molar-refractivity contribution in [3.05, 3.63) is 23.9 Å². The van der Waals surface area contributed by atoms with Gasteiger partial charge in [0.1, 0.15) is 5.82 Å². The van der Waals surface area contributed by atoms with Gasteiger partial charge in [0.05, 0.1) is 0 Å². The van der Waals surface area contributed by atoms with E-state index >= 15 is 0 Å². The van der Waals surface area contributed by atoms with E-state index in [1.54, 1.807) is 0 Å². The van der Waals surface area contributed by atoms with Crippen LogP contribution in [-0.2, 0) is 6.54 Å². The van der Waals surface area contributed by atoms with Gasteiger partial charge in [-0.25, -0.2) is 4.98 Å². The fraction of sp³-hybridized carbons (Fsp3) is 0.667. The standard InChI is InChI=1S/C15H27N3/c1-5-7-13(3)18(4)12-14-8-9-15(17-11-14)16-10-6-2/h8-9,11,13H,5-7,10,12H2,1-4H3,(H,16,17). The monoisotopic (exact) mass is 249 g/mol. The van der Waals surface area contributed by atoms with Crippen LogP contribution in [0.3, 0.4) is 0 Å². The van der Waals surface area contributed by atoms with Gasteiger partial charge in [-0.2, -0.15) is 0 Å². The van der Waals surface area contributed by atoms with E-state index in [1.807, 2.05) is 6.20 Å². The molecule has 0 radical (unpaired) electrons. The maximum Gasteiger partial charge on any atom is 0.125 e. The topological polar surface area (TPSA) is 28.2 Å². The van der Waals surface area contributed by atoms with E-state index < -0.39 is 0 Å². The zero-order valence-electron chi connectivity index (χ0n) is 12.2. The second kappa shape index (κ2) is 8.09. The molecule has 3 nitrogen and oxygen atoms in total. The number of nitrogens with one attached hydrogen (secondary N) is 1. The summed E-state index contributed by atoms with van der Waals surface area (Å²) in [5.41, 5.74) is 1.28. The lowest BCUT2D eigenvalue weighted by atomic mass is 10.1. The molecule has 0 amide bonds. The first-order chi connectivity index (χ1) is 8.67. The summed E-state index contributed by atoms with van der Waals surface area (Å²) < 4.78 is 0. The highest BCUT2D eigenvalue weighted by atomic mass is 15.1. The zero-order chi connectivity index (χ0) is 13.4. The van der Waals surface area contributed by atoms with E-state index in [4.69, 9.17) is 0 Å². The average molecular weight is 249 g/mol. The van der Waals surface area contributed by atoms with Gasteiger partial charge in [0.25, 0.3) is 0 Å². The van der Waals surface area contributed by atoms with Gasteiger partial charge in [-0.15, -0.1) is 0 Å². The highest BCUT2D eigenvalue weighted by molar-refractivity contribution is 5.35. The highest BCUT2D eigenvalue weighted by Gasteiger charge is 2.08. The molecule has 1 heterocycles. The molecule has 0 saturated carbocycles. The maximum atomic E-state index is 4.44. The number of pyridine rings is 1. The number of aromatic nitrogens is 1. The van der Waals surface area contributed by atoms with Crippen molar-refractivity contribution in [2.75, 3.05) is 18.9 Å². The van der Waals surface area contributed by atoms with Gasteiger partial charge in [-0.3, -0.25) is 4.90 Å². The van der Waals surface area contributed by atoms with Crippen LogP contribution in [0, 0.1) is 0 Å². The van der Waals surface area contributed by atoms with Crippen LogP contribution >= 0.6 is 0 Å². The Bertz CT molecular complexity index is 321. The van der Waals surface area contributed by atoms with Gasteiger partial charge >= 0.3 is 0 Å². The van der Waals surface area contributed by atoms with Crippen LogP contribution in [0.25, 0.3) is 0 Å². The molecule has 18 heavy (non-hydrogen) atoms. The first-order valence-electron chi connectivity index (χ1n) is 7.06. The maximum absolute atomic E-state index is 4.44. The molecule has 0 aromatic carbocycles. The molecule has 0 aliphatic heterocycles. The number of nitrogens with zero attached hydrogens (tertiary/aromatic N) is 2. The third-order valence-electron chi connectivity index (χ3n) is 3.27. The van der Waals surface area contributed by atoms with Crippen molar-refractivity contribution in [1.29, 1.82) is 0 Å². The summed E-state index contributed by atoms with van der Waals surface area (Å²) in [7, 11) is 2.18. The molecule has 1 aromatic rings. The summed E-state index contributed by atoms with van der Waals surface area (Å²) >= 11 is 0. The van der Waals surface area contributed by atoms with Crippen LogP contribution in [0.5, 0.6) is 0 Å². The number of anilines is 1. The molecule has 0 fully saturated rings. The van der Waals surface area contributed by atoms with Crippen molar-refractivity contribution in [2.45, 2.75) is 52.6 Å². The summed E-state index contributed by atoms with van der Waals surface area (Å²) in [5.74, 6) is 0.977. The minimum atomic E-state index is 0.632. The van der Waals surface area contributed by atoms with Gasteiger partial charge in [0.2, 0.25) is 0 Å². The Labute approximate surface area is 112 Å². The average Bonchev–Trinajstić information content (AvgIpc) is 2.38. The van der Waals surface area contributed by atoms with Crippen molar-refractivity contribution in [1.82, 2.24) is 9.88 Å². The third kappa shape index (κ3) is 5.05. The number of hydrogen-bond donors (Lipinski definition) is 1. The van der Waals surface area contributed by atoms with E-state index in [2.05, 4.69) is 55.2 Å². The molecule has 1 N–H and O–H groups in total. The second-order valence-corrected chi connectivity index (χ2v) is 5.03. The van der Waals surface area contributed by atoms with Gasteiger partial charge < -0.3 is 5.32 Å². The van der Waals surface area contributed by atoms with Gasteiger partial charge in [-0.05, 0) is 38.4 Å². The summed E-state index contributed by atoms with van der Waals surface area (Å²) in [6, 6.07) is 4.87. The molecular formula is C15H27N3. The van der Waals surface area contributed by atoms with Crippen molar-refractivity contribution >= 4 is 5.82 Å². The molecule has 1 unspecified atom stereocenters. The van der Waals surface area contributed by atoms with Crippen LogP contribution in [0.15, 0.2) is 18.3 Å². The Morgan fingerprint density at radius 2 is 2.06 bits per heavy atom. The molecular weight excluding hydrogens is 222 g/mol. The molecule has 0 saturated heterocycles. The SMILES string of the molecule is CCCNc1ccc(CN(C)C(C)CCC)cn1. The Kier molecular flexibility index (Phi) is 6.73. The van der Waals surface area contributed by atoms with E-state index in [0.29, 0.717) is 6.04 Å². The quantitative estimate of drug-likeness (QED) is 0.764. The number of rotatable bonds is 8. The molecule has 1 rings (SSSR count). The van der Waals surface area contributed by atoms with Crippen molar-refractivity contribution < 1.29 is 0 Å². The zero-order valence-corrected chi connectivity index (χ0v) is 12.2. The molecule has 3 heteroatoms. The van der Waals surface area contributed by atoms with Crippen LogP contribution in [0.2, 0.25) is 0 Å². The largest absolute Gasteiger partial charge is 0.370 e. The van der Waals surface area contributed by atoms with Crippen molar-refractivity contribution in [3.63, 3.8) is 0 Å². The summed E-state index contributed by atoms with van der Waals surface area (Å²) in [5, 5.41) is 3.29. The normalized spacial score (nSPS) is 12.7. The smallest absolute Gasteiger partial charge is 0.125 e. The summed E-state index contributed by atoms with van der Waals surface area (Å²) in [6.07, 6.45) is 5.59. The van der Waals surface area contributed by atoms with E-state index in [-0.39, 0.29) is 0 Å². The predicted octanol–water partition coefficient (Wildman–Crippen LogP) is 3.52. The number of hydrogen-bond acceptors (Lipinski definition) is 3. The molecule has 0 spiro atoms. The second-order valence-electron chi connectivity index (χ2n) is 5.03. The first kappa shape index (κ1) is 15.0. The highest BCUT2D eigenvalue weighted by Crippen LogP contribution is 2.11. The minimum absolute atomic E-state index is 0.632. The molecule has 1 aromatic heterocycles. The summed E-state index contributed by atoms with van der Waals surface area (Å²) in [6.45, 7) is 8.64. The Morgan fingerprint density at radius 3 is 2.61 bits per heavy atom. The molecule has 0 aliphatic rings. The fourth-order valence-corrected chi connectivity index (χ4v) is 1.96. The van der Waals surface area contributed by atoms with Crippen molar-refractivity contribution in [3.8, 4) is 0 Å². The molecule has 0 bridgehead atoms. The molecule has 1 atom stereocenters. The van der Waals surface area contributed by atoms with Gasteiger partial charge in [0, 0.05) is 25.3 Å². The Balaban J connectivity index is 2.47. The lowest BCUT2D eigenvalue weighted by Gasteiger charge is -2.24.